The van der Waals surface area contributed by atoms with Crippen LogP contribution in [0.3, 0.4) is 0 Å². The lowest BCUT2D eigenvalue weighted by molar-refractivity contribution is -0.143. The molecule has 0 radical (unpaired) electrons. The van der Waals surface area contributed by atoms with Gasteiger partial charge in [0.15, 0.2) is 0 Å². The quantitative estimate of drug-likeness (QED) is 0.616. The maximum Gasteiger partial charge on any atom is 0.243 e. The van der Waals surface area contributed by atoms with E-state index in [2.05, 4.69) is 5.32 Å². The molecular weight excluding hydrogens is 404 g/mol. The highest BCUT2D eigenvalue weighted by atomic mass is 16.5. The number of amides is 2. The Morgan fingerprint density at radius 1 is 1.09 bits per heavy atom. The minimum atomic E-state index is -0.615. The van der Waals surface area contributed by atoms with Crippen LogP contribution in [0.2, 0.25) is 0 Å². The van der Waals surface area contributed by atoms with E-state index < -0.39 is 6.04 Å². The number of ether oxygens (including phenoxy) is 2. The Kier molecular flexibility index (Phi) is 8.68. The van der Waals surface area contributed by atoms with Crippen LogP contribution >= 0.6 is 0 Å². The zero-order chi connectivity index (χ0) is 22.9. The van der Waals surface area contributed by atoms with Crippen molar-refractivity contribution >= 4 is 11.8 Å². The number of carbonyl (C=O) groups excluding carboxylic acids is 2. The van der Waals surface area contributed by atoms with Gasteiger partial charge in [0.2, 0.25) is 11.8 Å². The number of rotatable bonds is 10. The molecule has 172 valence electrons. The van der Waals surface area contributed by atoms with Gasteiger partial charge in [0.1, 0.15) is 11.8 Å². The maximum absolute atomic E-state index is 13.4. The largest absolute Gasteiger partial charge is 0.497 e. The molecule has 1 heterocycles. The molecule has 6 heteroatoms. The standard InChI is InChI=1S/C26H34N2O4/c1-19(2)26(30)28(18-21-11-13-22(31-3)14-12-21)24(16-20-8-5-4-6-9-20)25(29)27-17-23-10-7-15-32-23/h4-6,8-9,11-14,19,23-24H,7,10,15-18H2,1-3H3,(H,27,29)/t23-,24-/m0/s1. The lowest BCUT2D eigenvalue weighted by Crippen LogP contribution is -2.52. The predicted molar refractivity (Wildman–Crippen MR) is 124 cm³/mol. The predicted octanol–water partition coefficient (Wildman–Crippen LogP) is 3.59. The molecule has 2 aromatic carbocycles. The van der Waals surface area contributed by atoms with E-state index in [1.807, 2.05) is 68.4 Å². The highest BCUT2D eigenvalue weighted by Crippen LogP contribution is 2.19. The van der Waals surface area contributed by atoms with Crippen LogP contribution in [0.1, 0.15) is 37.8 Å². The third-order valence-corrected chi connectivity index (χ3v) is 5.77. The summed E-state index contributed by atoms with van der Waals surface area (Å²) in [6.07, 6.45) is 2.47. The smallest absolute Gasteiger partial charge is 0.243 e. The molecule has 1 fully saturated rings. The van der Waals surface area contributed by atoms with Crippen LogP contribution < -0.4 is 10.1 Å². The van der Waals surface area contributed by atoms with Crippen LogP contribution in [-0.2, 0) is 27.3 Å². The molecule has 0 unspecified atom stereocenters. The Labute approximate surface area is 190 Å². The monoisotopic (exact) mass is 438 g/mol. The first-order valence-corrected chi connectivity index (χ1v) is 11.3. The zero-order valence-electron chi connectivity index (χ0n) is 19.3. The van der Waals surface area contributed by atoms with Crippen molar-refractivity contribution in [3.8, 4) is 5.75 Å². The number of benzene rings is 2. The molecule has 1 N–H and O–H groups in total. The molecule has 0 aromatic heterocycles. The second kappa shape index (κ2) is 11.7. The summed E-state index contributed by atoms with van der Waals surface area (Å²) in [5.41, 5.74) is 1.96. The van der Waals surface area contributed by atoms with Gasteiger partial charge in [-0.25, -0.2) is 0 Å². The van der Waals surface area contributed by atoms with E-state index in [0.29, 0.717) is 19.5 Å². The fraction of sp³-hybridized carbons (Fsp3) is 0.462. The van der Waals surface area contributed by atoms with Crippen LogP contribution in [0.4, 0.5) is 0 Å². The minimum Gasteiger partial charge on any atom is -0.497 e. The van der Waals surface area contributed by atoms with Gasteiger partial charge in [0.25, 0.3) is 0 Å². The number of nitrogens with zero attached hydrogens (tertiary/aromatic N) is 1. The van der Waals surface area contributed by atoms with Crippen molar-refractivity contribution in [2.24, 2.45) is 5.92 Å². The summed E-state index contributed by atoms with van der Waals surface area (Å²) in [6.45, 7) is 5.30. The van der Waals surface area contributed by atoms with Crippen molar-refractivity contribution in [1.82, 2.24) is 10.2 Å². The van der Waals surface area contributed by atoms with Gasteiger partial charge < -0.3 is 19.7 Å². The van der Waals surface area contributed by atoms with Gasteiger partial charge in [-0.15, -0.1) is 0 Å². The lowest BCUT2D eigenvalue weighted by atomic mass is 10.0. The van der Waals surface area contributed by atoms with Gasteiger partial charge in [-0.3, -0.25) is 9.59 Å². The fourth-order valence-electron chi connectivity index (χ4n) is 3.92. The zero-order valence-corrected chi connectivity index (χ0v) is 19.3. The van der Waals surface area contributed by atoms with Gasteiger partial charge >= 0.3 is 0 Å². The van der Waals surface area contributed by atoms with E-state index in [0.717, 1.165) is 36.3 Å². The Morgan fingerprint density at radius 3 is 2.41 bits per heavy atom. The van der Waals surface area contributed by atoms with E-state index in [-0.39, 0.29) is 23.8 Å². The summed E-state index contributed by atoms with van der Waals surface area (Å²) in [6, 6.07) is 16.8. The molecule has 0 saturated carbocycles. The molecule has 0 aliphatic carbocycles. The molecule has 3 rings (SSSR count). The molecule has 32 heavy (non-hydrogen) atoms. The Morgan fingerprint density at radius 2 is 1.81 bits per heavy atom. The molecule has 6 nitrogen and oxygen atoms in total. The highest BCUT2D eigenvalue weighted by molar-refractivity contribution is 5.88. The van der Waals surface area contributed by atoms with Gasteiger partial charge in [-0.05, 0) is 36.1 Å². The number of methoxy groups -OCH3 is 1. The molecular formula is C26H34N2O4. The third-order valence-electron chi connectivity index (χ3n) is 5.77. The second-order valence-corrected chi connectivity index (χ2v) is 8.55. The molecule has 1 aliphatic rings. The molecule has 0 bridgehead atoms. The first-order valence-electron chi connectivity index (χ1n) is 11.3. The van der Waals surface area contributed by atoms with Crippen LogP contribution in [0.5, 0.6) is 5.75 Å². The second-order valence-electron chi connectivity index (χ2n) is 8.55. The van der Waals surface area contributed by atoms with Crippen LogP contribution in [0.25, 0.3) is 0 Å². The van der Waals surface area contributed by atoms with Crippen molar-refractivity contribution in [1.29, 1.82) is 0 Å². The SMILES string of the molecule is COc1ccc(CN(C(=O)C(C)C)[C@@H](Cc2ccccc2)C(=O)NC[C@@H]2CCCO2)cc1. The van der Waals surface area contributed by atoms with Gasteiger partial charge in [0, 0.05) is 32.0 Å². The van der Waals surface area contributed by atoms with Crippen molar-refractivity contribution in [2.75, 3.05) is 20.3 Å². The van der Waals surface area contributed by atoms with Crippen LogP contribution in [0, 0.1) is 5.92 Å². The van der Waals surface area contributed by atoms with Gasteiger partial charge in [-0.2, -0.15) is 0 Å². The Hall–Kier alpha value is -2.86. The molecule has 0 spiro atoms. The summed E-state index contributed by atoms with van der Waals surface area (Å²) < 4.78 is 10.9. The summed E-state index contributed by atoms with van der Waals surface area (Å²) in [5.74, 6) is 0.337. The van der Waals surface area contributed by atoms with E-state index in [9.17, 15) is 9.59 Å². The van der Waals surface area contributed by atoms with E-state index >= 15 is 0 Å². The van der Waals surface area contributed by atoms with E-state index in [4.69, 9.17) is 9.47 Å². The van der Waals surface area contributed by atoms with Crippen LogP contribution in [-0.4, -0.2) is 49.1 Å². The average Bonchev–Trinajstić information content (AvgIpc) is 3.34. The molecule has 2 aromatic rings. The fourth-order valence-corrected chi connectivity index (χ4v) is 3.92. The number of hydrogen-bond acceptors (Lipinski definition) is 4. The topological polar surface area (TPSA) is 67.9 Å². The maximum atomic E-state index is 13.4. The summed E-state index contributed by atoms with van der Waals surface area (Å²) in [7, 11) is 1.62. The third kappa shape index (κ3) is 6.57. The summed E-state index contributed by atoms with van der Waals surface area (Å²) in [4.78, 5) is 28.4. The number of nitrogens with one attached hydrogen (secondary N) is 1. The molecule has 1 saturated heterocycles. The normalized spacial score (nSPS) is 16.6. The highest BCUT2D eigenvalue weighted by Gasteiger charge is 2.32. The first-order chi connectivity index (χ1) is 15.5. The summed E-state index contributed by atoms with van der Waals surface area (Å²) in [5, 5.41) is 3.05. The van der Waals surface area contributed by atoms with E-state index in [1.54, 1.807) is 12.0 Å². The first kappa shape index (κ1) is 23.8. The lowest BCUT2D eigenvalue weighted by Gasteiger charge is -2.33. The molecule has 1 aliphatic heterocycles. The van der Waals surface area contributed by atoms with Crippen molar-refractivity contribution in [2.45, 2.75) is 51.8 Å². The Balaban J connectivity index is 1.85. The minimum absolute atomic E-state index is 0.0472. The van der Waals surface area contributed by atoms with Crippen molar-refractivity contribution in [3.05, 3.63) is 65.7 Å². The number of carbonyl (C=O) groups is 2. The Bertz CT molecular complexity index is 861. The molecule has 2 amide bonds. The van der Waals surface area contributed by atoms with E-state index in [1.165, 1.54) is 0 Å². The van der Waals surface area contributed by atoms with Crippen LogP contribution in [0.15, 0.2) is 54.6 Å². The number of hydrogen-bond donors (Lipinski definition) is 1. The average molecular weight is 439 g/mol. The van der Waals surface area contributed by atoms with Crippen molar-refractivity contribution in [3.63, 3.8) is 0 Å². The summed E-state index contributed by atoms with van der Waals surface area (Å²) >= 11 is 0. The van der Waals surface area contributed by atoms with Crippen molar-refractivity contribution < 1.29 is 19.1 Å². The van der Waals surface area contributed by atoms with Gasteiger partial charge in [-0.1, -0.05) is 56.3 Å². The molecule has 2 atom stereocenters. The van der Waals surface area contributed by atoms with Gasteiger partial charge in [0.05, 0.1) is 13.2 Å².